The zero-order chi connectivity index (χ0) is 19.5. The van der Waals surface area contributed by atoms with Gasteiger partial charge >= 0.3 is 6.03 Å². The summed E-state index contributed by atoms with van der Waals surface area (Å²) < 4.78 is 2.28. The Labute approximate surface area is 169 Å². The summed E-state index contributed by atoms with van der Waals surface area (Å²) >= 11 is 6.11. The van der Waals surface area contributed by atoms with Crippen molar-refractivity contribution >= 4 is 34.5 Å². The maximum Gasteiger partial charge on any atom is 0.319 e. The number of urea groups is 1. The van der Waals surface area contributed by atoms with Crippen molar-refractivity contribution in [2.45, 2.75) is 45.1 Å². The SMILES string of the molecule is Cc1ccc(NC(=O)NCCc2nc3cccnc3n2C2CCCC2)cc1Cl. The molecule has 1 aliphatic rings. The monoisotopic (exact) mass is 397 g/mol. The Balaban J connectivity index is 1.42. The van der Waals surface area contributed by atoms with Crippen LogP contribution >= 0.6 is 11.6 Å². The van der Waals surface area contributed by atoms with Gasteiger partial charge in [0.2, 0.25) is 0 Å². The molecule has 0 radical (unpaired) electrons. The highest BCUT2D eigenvalue weighted by Crippen LogP contribution is 2.33. The first kappa shape index (κ1) is 18.7. The number of rotatable bonds is 5. The van der Waals surface area contributed by atoms with Crippen LogP contribution in [-0.4, -0.2) is 27.1 Å². The summed E-state index contributed by atoms with van der Waals surface area (Å²) in [5, 5.41) is 6.36. The predicted molar refractivity (Wildman–Crippen MR) is 112 cm³/mol. The number of anilines is 1. The van der Waals surface area contributed by atoms with Gasteiger partial charge < -0.3 is 15.2 Å². The van der Waals surface area contributed by atoms with Crippen molar-refractivity contribution in [3.8, 4) is 0 Å². The number of imidazole rings is 1. The van der Waals surface area contributed by atoms with Crippen molar-refractivity contribution in [1.29, 1.82) is 0 Å². The lowest BCUT2D eigenvalue weighted by Gasteiger charge is -2.16. The van der Waals surface area contributed by atoms with Crippen molar-refractivity contribution < 1.29 is 4.79 Å². The predicted octanol–water partition coefficient (Wildman–Crippen LogP) is 4.87. The second-order valence-electron chi connectivity index (χ2n) is 7.28. The summed E-state index contributed by atoms with van der Waals surface area (Å²) in [7, 11) is 0. The molecule has 7 heteroatoms. The van der Waals surface area contributed by atoms with Gasteiger partial charge in [0.05, 0.1) is 0 Å². The molecule has 1 aliphatic carbocycles. The van der Waals surface area contributed by atoms with Crippen LogP contribution in [0.15, 0.2) is 36.5 Å². The van der Waals surface area contributed by atoms with E-state index in [0.717, 1.165) is 35.4 Å². The van der Waals surface area contributed by atoms with Crippen molar-refractivity contribution in [3.63, 3.8) is 0 Å². The molecule has 0 aliphatic heterocycles. The smallest absolute Gasteiger partial charge is 0.319 e. The van der Waals surface area contributed by atoms with Gasteiger partial charge in [0, 0.05) is 35.9 Å². The van der Waals surface area contributed by atoms with Crippen LogP contribution in [0.1, 0.15) is 43.1 Å². The molecule has 2 heterocycles. The third kappa shape index (κ3) is 3.97. The molecule has 2 aromatic heterocycles. The van der Waals surface area contributed by atoms with E-state index in [9.17, 15) is 4.79 Å². The number of carbonyl (C=O) groups is 1. The molecule has 1 fully saturated rings. The summed E-state index contributed by atoms with van der Waals surface area (Å²) in [6.45, 7) is 2.43. The lowest BCUT2D eigenvalue weighted by molar-refractivity contribution is 0.252. The standard InChI is InChI=1S/C21H24ClN5O/c1-14-8-9-15(13-17(14)22)25-21(28)24-12-10-19-26-18-7-4-11-23-20(18)27(19)16-5-2-3-6-16/h4,7-9,11,13,16H,2-3,5-6,10,12H2,1H3,(H2,24,25,28). The molecule has 2 N–H and O–H groups in total. The number of amides is 2. The number of carbonyl (C=O) groups excluding carboxylic acids is 1. The number of fused-ring (bicyclic) bond motifs is 1. The number of hydrogen-bond acceptors (Lipinski definition) is 3. The van der Waals surface area contributed by atoms with E-state index in [-0.39, 0.29) is 6.03 Å². The van der Waals surface area contributed by atoms with Crippen LogP contribution < -0.4 is 10.6 Å². The molecule has 2 amide bonds. The minimum Gasteiger partial charge on any atom is -0.337 e. The topological polar surface area (TPSA) is 71.8 Å². The summed E-state index contributed by atoms with van der Waals surface area (Å²) in [6.07, 6.45) is 7.30. The molecule has 0 saturated heterocycles. The summed E-state index contributed by atoms with van der Waals surface area (Å²) in [4.78, 5) is 21.5. The summed E-state index contributed by atoms with van der Waals surface area (Å²) in [5.74, 6) is 0.985. The Kier molecular flexibility index (Phi) is 5.48. The Morgan fingerprint density at radius 1 is 1.29 bits per heavy atom. The Morgan fingerprint density at radius 2 is 2.11 bits per heavy atom. The summed E-state index contributed by atoms with van der Waals surface area (Å²) in [5.41, 5.74) is 3.52. The average Bonchev–Trinajstić information content (AvgIpc) is 3.31. The molecule has 28 heavy (non-hydrogen) atoms. The van der Waals surface area contributed by atoms with Crippen molar-refractivity contribution in [1.82, 2.24) is 19.9 Å². The molecule has 146 valence electrons. The molecule has 1 saturated carbocycles. The van der Waals surface area contributed by atoms with E-state index in [1.165, 1.54) is 12.8 Å². The van der Waals surface area contributed by atoms with Gasteiger partial charge in [-0.15, -0.1) is 0 Å². The van der Waals surface area contributed by atoms with Gasteiger partial charge in [0.15, 0.2) is 5.65 Å². The molecule has 3 aromatic rings. The molecule has 0 unspecified atom stereocenters. The molecular formula is C21H24ClN5O. The molecule has 1 aromatic carbocycles. The van der Waals surface area contributed by atoms with Gasteiger partial charge in [0.1, 0.15) is 11.3 Å². The van der Waals surface area contributed by atoms with Crippen LogP contribution in [0.25, 0.3) is 11.2 Å². The number of aryl methyl sites for hydroxylation is 1. The lowest BCUT2D eigenvalue weighted by Crippen LogP contribution is -2.31. The Bertz CT molecular complexity index is 994. The molecule has 0 atom stereocenters. The van der Waals surface area contributed by atoms with E-state index >= 15 is 0 Å². The molecular weight excluding hydrogens is 374 g/mol. The number of halogens is 1. The van der Waals surface area contributed by atoms with Crippen molar-refractivity contribution in [3.05, 3.63) is 52.9 Å². The minimum absolute atomic E-state index is 0.249. The lowest BCUT2D eigenvalue weighted by atomic mass is 10.2. The van der Waals surface area contributed by atoms with Gasteiger partial charge in [-0.1, -0.05) is 30.5 Å². The fraction of sp³-hybridized carbons (Fsp3) is 0.381. The maximum absolute atomic E-state index is 12.2. The zero-order valence-corrected chi connectivity index (χ0v) is 16.7. The number of pyridine rings is 1. The molecule has 6 nitrogen and oxygen atoms in total. The second-order valence-corrected chi connectivity index (χ2v) is 7.68. The largest absolute Gasteiger partial charge is 0.337 e. The van der Waals surface area contributed by atoms with Crippen LogP contribution in [0.5, 0.6) is 0 Å². The molecule has 0 spiro atoms. The van der Waals surface area contributed by atoms with Crippen LogP contribution in [0, 0.1) is 6.92 Å². The van der Waals surface area contributed by atoms with E-state index in [4.69, 9.17) is 16.6 Å². The van der Waals surface area contributed by atoms with Crippen LogP contribution in [0.3, 0.4) is 0 Å². The van der Waals surface area contributed by atoms with Gasteiger partial charge in [0.25, 0.3) is 0 Å². The van der Waals surface area contributed by atoms with E-state index in [2.05, 4.69) is 20.2 Å². The highest BCUT2D eigenvalue weighted by atomic mass is 35.5. The maximum atomic E-state index is 12.2. The first-order valence-corrected chi connectivity index (χ1v) is 10.1. The van der Waals surface area contributed by atoms with Crippen LogP contribution in [0.4, 0.5) is 10.5 Å². The third-order valence-electron chi connectivity index (χ3n) is 5.28. The number of aromatic nitrogens is 3. The van der Waals surface area contributed by atoms with Gasteiger partial charge in [-0.25, -0.2) is 14.8 Å². The van der Waals surface area contributed by atoms with Crippen LogP contribution in [0.2, 0.25) is 5.02 Å². The third-order valence-corrected chi connectivity index (χ3v) is 5.68. The van der Waals surface area contributed by atoms with E-state index in [1.54, 1.807) is 6.07 Å². The first-order valence-electron chi connectivity index (χ1n) is 9.74. The van der Waals surface area contributed by atoms with E-state index in [1.807, 2.05) is 37.4 Å². The molecule has 4 rings (SSSR count). The summed E-state index contributed by atoms with van der Waals surface area (Å²) in [6, 6.07) is 9.59. The Morgan fingerprint density at radius 3 is 2.89 bits per heavy atom. The van der Waals surface area contributed by atoms with E-state index < -0.39 is 0 Å². The fourth-order valence-corrected chi connectivity index (χ4v) is 4.01. The highest BCUT2D eigenvalue weighted by molar-refractivity contribution is 6.31. The fourth-order valence-electron chi connectivity index (χ4n) is 3.83. The van der Waals surface area contributed by atoms with E-state index in [0.29, 0.717) is 29.7 Å². The average molecular weight is 398 g/mol. The highest BCUT2D eigenvalue weighted by Gasteiger charge is 2.23. The van der Waals surface area contributed by atoms with Gasteiger partial charge in [-0.2, -0.15) is 0 Å². The Hall–Kier alpha value is -2.60. The van der Waals surface area contributed by atoms with Gasteiger partial charge in [-0.3, -0.25) is 0 Å². The quantitative estimate of drug-likeness (QED) is 0.644. The zero-order valence-electron chi connectivity index (χ0n) is 15.9. The normalized spacial score (nSPS) is 14.5. The second kappa shape index (κ2) is 8.19. The number of hydrogen-bond donors (Lipinski definition) is 2. The van der Waals surface area contributed by atoms with Crippen LogP contribution in [-0.2, 0) is 6.42 Å². The minimum atomic E-state index is -0.249. The van der Waals surface area contributed by atoms with Crippen molar-refractivity contribution in [2.75, 3.05) is 11.9 Å². The first-order chi connectivity index (χ1) is 13.6. The number of nitrogens with zero attached hydrogens (tertiary/aromatic N) is 3. The van der Waals surface area contributed by atoms with Gasteiger partial charge in [-0.05, 0) is 49.6 Å². The van der Waals surface area contributed by atoms with Crippen molar-refractivity contribution in [2.24, 2.45) is 0 Å². The number of benzene rings is 1. The molecule has 0 bridgehead atoms. The number of nitrogens with one attached hydrogen (secondary N) is 2.